The van der Waals surface area contributed by atoms with E-state index in [9.17, 15) is 0 Å². The lowest BCUT2D eigenvalue weighted by atomic mass is 9.92. The van der Waals surface area contributed by atoms with Crippen molar-refractivity contribution in [1.29, 1.82) is 0 Å². The monoisotopic (exact) mass is 169 g/mol. The summed E-state index contributed by atoms with van der Waals surface area (Å²) < 4.78 is 0. The van der Waals surface area contributed by atoms with Crippen molar-refractivity contribution < 1.29 is 0 Å². The highest BCUT2D eigenvalue weighted by Gasteiger charge is 2.09. The topological polar surface area (TPSA) is 12.0 Å². The minimum Gasteiger partial charge on any atom is -0.311 e. The summed E-state index contributed by atoms with van der Waals surface area (Å²) in [5.74, 6) is 0. The molecule has 0 heterocycles. The zero-order valence-corrected chi connectivity index (χ0v) is 9.36. The van der Waals surface area contributed by atoms with E-state index in [2.05, 4.69) is 52.9 Å². The Hall–Kier alpha value is -0.300. The molecule has 1 unspecified atom stereocenters. The van der Waals surface area contributed by atoms with Crippen LogP contribution in [0.15, 0.2) is 11.6 Å². The second kappa shape index (κ2) is 4.66. The predicted octanol–water partition coefficient (Wildman–Crippen LogP) is 2.98. The molecule has 0 aliphatic carbocycles. The number of likely N-dealkylation sites (N-methyl/N-ethyl adjacent to an activating group) is 1. The maximum atomic E-state index is 3.40. The molecule has 0 spiro atoms. The molecule has 0 aliphatic rings. The molecule has 0 aromatic carbocycles. The van der Waals surface area contributed by atoms with Crippen LogP contribution >= 0.6 is 0 Å². The Labute approximate surface area is 77.2 Å². The van der Waals surface area contributed by atoms with Gasteiger partial charge in [0.15, 0.2) is 0 Å². The van der Waals surface area contributed by atoms with Crippen LogP contribution in [0.5, 0.6) is 0 Å². The molecule has 1 N–H and O–H groups in total. The van der Waals surface area contributed by atoms with Crippen LogP contribution in [0.4, 0.5) is 0 Å². The fourth-order valence-corrected chi connectivity index (χ4v) is 1.28. The van der Waals surface area contributed by atoms with Gasteiger partial charge in [0.2, 0.25) is 0 Å². The smallest absolute Gasteiger partial charge is 0.0248 e. The molecule has 0 radical (unpaired) electrons. The van der Waals surface area contributed by atoms with Gasteiger partial charge in [0, 0.05) is 6.04 Å². The zero-order chi connectivity index (χ0) is 9.78. The van der Waals surface area contributed by atoms with E-state index in [0.717, 1.165) is 6.54 Å². The fraction of sp³-hybridized carbons (Fsp3) is 0.818. The van der Waals surface area contributed by atoms with Crippen molar-refractivity contribution in [3.05, 3.63) is 11.6 Å². The Morgan fingerprint density at radius 2 is 1.92 bits per heavy atom. The number of allylic oxidation sites excluding steroid dienone is 1. The highest BCUT2D eigenvalue weighted by Crippen LogP contribution is 2.18. The molecule has 0 saturated carbocycles. The van der Waals surface area contributed by atoms with E-state index in [1.54, 1.807) is 0 Å². The number of nitrogens with one attached hydrogen (secondary N) is 1. The largest absolute Gasteiger partial charge is 0.311 e. The molecule has 72 valence electrons. The first-order valence-electron chi connectivity index (χ1n) is 4.79. The Morgan fingerprint density at radius 3 is 2.25 bits per heavy atom. The van der Waals surface area contributed by atoms with Crippen molar-refractivity contribution in [2.24, 2.45) is 5.41 Å². The van der Waals surface area contributed by atoms with Gasteiger partial charge in [-0.05, 0) is 25.8 Å². The van der Waals surface area contributed by atoms with Gasteiger partial charge in [0.25, 0.3) is 0 Å². The van der Waals surface area contributed by atoms with Gasteiger partial charge in [-0.25, -0.2) is 0 Å². The Morgan fingerprint density at radius 1 is 1.42 bits per heavy atom. The van der Waals surface area contributed by atoms with Crippen molar-refractivity contribution in [2.45, 2.75) is 47.6 Å². The van der Waals surface area contributed by atoms with Crippen molar-refractivity contribution in [1.82, 2.24) is 5.32 Å². The lowest BCUT2D eigenvalue weighted by Crippen LogP contribution is -2.27. The molecule has 0 bridgehead atoms. The molecule has 0 fully saturated rings. The van der Waals surface area contributed by atoms with Crippen molar-refractivity contribution >= 4 is 0 Å². The van der Waals surface area contributed by atoms with Crippen LogP contribution in [0, 0.1) is 5.41 Å². The van der Waals surface area contributed by atoms with Crippen LogP contribution in [0.1, 0.15) is 41.5 Å². The molecule has 1 heteroatoms. The third kappa shape index (κ3) is 5.36. The number of hydrogen-bond acceptors (Lipinski definition) is 1. The third-order valence-corrected chi connectivity index (χ3v) is 1.85. The highest BCUT2D eigenvalue weighted by molar-refractivity contribution is 5.10. The second-order valence-corrected chi connectivity index (χ2v) is 4.53. The van der Waals surface area contributed by atoms with E-state index in [4.69, 9.17) is 0 Å². The van der Waals surface area contributed by atoms with E-state index in [1.807, 2.05) is 0 Å². The molecule has 0 aromatic rings. The predicted molar refractivity (Wildman–Crippen MR) is 56.4 cm³/mol. The lowest BCUT2D eigenvalue weighted by molar-refractivity contribution is 0.527. The average molecular weight is 169 g/mol. The standard InChI is InChI=1S/C11H23N/c1-7-12-10(3)9(2)8-11(4,5)6/h8,10,12H,7H2,1-6H3. The van der Waals surface area contributed by atoms with Crippen LogP contribution in [0.2, 0.25) is 0 Å². The van der Waals surface area contributed by atoms with Crippen molar-refractivity contribution in [2.75, 3.05) is 6.54 Å². The number of rotatable bonds is 3. The Kier molecular flexibility index (Phi) is 4.54. The van der Waals surface area contributed by atoms with Gasteiger partial charge in [-0.15, -0.1) is 0 Å². The molecule has 0 rings (SSSR count). The van der Waals surface area contributed by atoms with Crippen LogP contribution in [-0.4, -0.2) is 12.6 Å². The molecule has 0 saturated heterocycles. The summed E-state index contributed by atoms with van der Waals surface area (Å²) in [5, 5.41) is 3.40. The quantitative estimate of drug-likeness (QED) is 0.640. The second-order valence-electron chi connectivity index (χ2n) is 4.53. The summed E-state index contributed by atoms with van der Waals surface area (Å²) in [4.78, 5) is 0. The first-order valence-corrected chi connectivity index (χ1v) is 4.79. The maximum Gasteiger partial charge on any atom is 0.0248 e. The van der Waals surface area contributed by atoms with Gasteiger partial charge >= 0.3 is 0 Å². The molecule has 1 atom stereocenters. The van der Waals surface area contributed by atoms with Gasteiger partial charge < -0.3 is 5.32 Å². The van der Waals surface area contributed by atoms with Gasteiger partial charge in [-0.3, -0.25) is 0 Å². The maximum absolute atomic E-state index is 3.40. The zero-order valence-electron chi connectivity index (χ0n) is 9.36. The SMILES string of the molecule is CCNC(C)C(C)=CC(C)(C)C. The summed E-state index contributed by atoms with van der Waals surface area (Å²) in [7, 11) is 0. The minimum atomic E-state index is 0.299. The van der Waals surface area contributed by atoms with Gasteiger partial charge in [-0.1, -0.05) is 39.3 Å². The van der Waals surface area contributed by atoms with E-state index < -0.39 is 0 Å². The molecular formula is C11H23N. The molecular weight excluding hydrogens is 146 g/mol. The minimum absolute atomic E-state index is 0.299. The lowest BCUT2D eigenvalue weighted by Gasteiger charge is -2.19. The molecule has 0 aromatic heterocycles. The summed E-state index contributed by atoms with van der Waals surface area (Å²) in [6, 6.07) is 0.509. The van der Waals surface area contributed by atoms with Crippen LogP contribution in [0.25, 0.3) is 0 Å². The summed E-state index contributed by atoms with van der Waals surface area (Å²) in [6.07, 6.45) is 2.33. The first kappa shape index (κ1) is 11.7. The Bertz CT molecular complexity index is 151. The number of hydrogen-bond donors (Lipinski definition) is 1. The van der Waals surface area contributed by atoms with Gasteiger partial charge in [0.1, 0.15) is 0 Å². The van der Waals surface area contributed by atoms with Crippen molar-refractivity contribution in [3.8, 4) is 0 Å². The summed E-state index contributed by atoms with van der Waals surface area (Å²) in [6.45, 7) is 14.3. The Balaban J connectivity index is 4.17. The van der Waals surface area contributed by atoms with Gasteiger partial charge in [0.05, 0.1) is 0 Å². The normalized spacial score (nSPS) is 16.3. The molecule has 12 heavy (non-hydrogen) atoms. The third-order valence-electron chi connectivity index (χ3n) is 1.85. The van der Waals surface area contributed by atoms with Crippen LogP contribution in [-0.2, 0) is 0 Å². The highest BCUT2D eigenvalue weighted by atomic mass is 14.9. The average Bonchev–Trinajstić information content (AvgIpc) is 1.84. The van der Waals surface area contributed by atoms with E-state index in [-0.39, 0.29) is 0 Å². The summed E-state index contributed by atoms with van der Waals surface area (Å²) >= 11 is 0. The van der Waals surface area contributed by atoms with Crippen LogP contribution < -0.4 is 5.32 Å². The van der Waals surface area contributed by atoms with Crippen LogP contribution in [0.3, 0.4) is 0 Å². The van der Waals surface area contributed by atoms with Gasteiger partial charge in [-0.2, -0.15) is 0 Å². The van der Waals surface area contributed by atoms with Crippen molar-refractivity contribution in [3.63, 3.8) is 0 Å². The first-order chi connectivity index (χ1) is 5.37. The summed E-state index contributed by atoms with van der Waals surface area (Å²) in [5.41, 5.74) is 1.73. The van der Waals surface area contributed by atoms with E-state index >= 15 is 0 Å². The fourth-order valence-electron chi connectivity index (χ4n) is 1.28. The molecule has 1 nitrogen and oxygen atoms in total. The molecule has 0 amide bonds. The molecule has 0 aliphatic heterocycles. The van der Waals surface area contributed by atoms with E-state index in [1.165, 1.54) is 5.57 Å². The van der Waals surface area contributed by atoms with E-state index in [0.29, 0.717) is 11.5 Å².